The van der Waals surface area contributed by atoms with E-state index in [4.69, 9.17) is 9.47 Å². The lowest BCUT2D eigenvalue weighted by atomic mass is 10.1. The topological polar surface area (TPSA) is 72.8 Å². The first-order valence-corrected chi connectivity index (χ1v) is 11.5. The van der Waals surface area contributed by atoms with Gasteiger partial charge in [-0.15, -0.1) is 0 Å². The second-order valence-corrected chi connectivity index (χ2v) is 8.47. The molecule has 4 rings (SSSR count). The molecule has 0 unspecified atom stereocenters. The molecule has 0 atom stereocenters. The van der Waals surface area contributed by atoms with Gasteiger partial charge in [-0.3, -0.25) is 14.5 Å². The van der Waals surface area contributed by atoms with E-state index < -0.39 is 0 Å². The number of nitrogens with zero attached hydrogens (tertiary/aromatic N) is 2. The Morgan fingerprint density at radius 1 is 0.941 bits per heavy atom. The number of rotatable bonds is 7. The number of methoxy groups -OCH3 is 2. The predicted molar refractivity (Wildman–Crippen MR) is 132 cm³/mol. The summed E-state index contributed by atoms with van der Waals surface area (Å²) < 4.78 is 12.6. The van der Waals surface area contributed by atoms with E-state index in [2.05, 4.69) is 35.3 Å². The molecule has 2 aromatic carbocycles. The van der Waals surface area contributed by atoms with Crippen molar-refractivity contribution in [2.45, 2.75) is 33.0 Å². The van der Waals surface area contributed by atoms with Gasteiger partial charge < -0.3 is 19.4 Å². The highest BCUT2D eigenvalue weighted by molar-refractivity contribution is 5.98. The quantitative estimate of drug-likeness (QED) is 0.585. The Labute approximate surface area is 199 Å². The van der Waals surface area contributed by atoms with E-state index in [-0.39, 0.29) is 11.5 Å². The number of ether oxygens (including phenoxy) is 2. The zero-order valence-corrected chi connectivity index (χ0v) is 20.0. The smallest absolute Gasteiger partial charge is 0.257 e. The van der Waals surface area contributed by atoms with Gasteiger partial charge in [-0.2, -0.15) is 0 Å². The third-order valence-electron chi connectivity index (χ3n) is 6.42. The zero-order chi connectivity index (χ0) is 24.1. The number of pyridine rings is 1. The fourth-order valence-corrected chi connectivity index (χ4v) is 4.50. The van der Waals surface area contributed by atoms with Crippen LogP contribution in [-0.2, 0) is 26.1 Å². The maximum atomic E-state index is 13.3. The molecule has 1 N–H and O–H groups in total. The number of para-hydroxylation sites is 1. The maximum absolute atomic E-state index is 13.3. The Hall–Kier alpha value is -3.58. The molecule has 3 aromatic rings. The molecular weight excluding hydrogens is 430 g/mol. The first-order chi connectivity index (χ1) is 16.5. The maximum Gasteiger partial charge on any atom is 0.257 e. The molecule has 34 heavy (non-hydrogen) atoms. The Morgan fingerprint density at radius 3 is 2.38 bits per heavy atom. The molecule has 0 spiro atoms. The van der Waals surface area contributed by atoms with Crippen LogP contribution in [-0.4, -0.2) is 42.7 Å². The second kappa shape index (κ2) is 10.6. The van der Waals surface area contributed by atoms with Gasteiger partial charge in [0.2, 0.25) is 0 Å². The van der Waals surface area contributed by atoms with Gasteiger partial charge in [-0.05, 0) is 24.1 Å². The lowest BCUT2D eigenvalue weighted by Crippen LogP contribution is -2.31. The molecule has 0 bridgehead atoms. The third kappa shape index (κ3) is 4.99. The fraction of sp³-hybridized carbons (Fsp3) is 0.333. The summed E-state index contributed by atoms with van der Waals surface area (Å²) in [5, 5.41) is 2.99. The molecule has 2 heterocycles. The number of fused-ring (bicyclic) bond motifs is 1. The number of aromatic nitrogens is 1. The molecule has 1 aliphatic rings. The van der Waals surface area contributed by atoms with Crippen LogP contribution in [0.4, 0.5) is 0 Å². The number of aryl methyl sites for hydroxylation is 1. The second-order valence-electron chi connectivity index (χ2n) is 8.47. The van der Waals surface area contributed by atoms with E-state index in [1.54, 1.807) is 11.7 Å². The van der Waals surface area contributed by atoms with Crippen molar-refractivity contribution in [2.24, 2.45) is 0 Å². The fourth-order valence-electron chi connectivity index (χ4n) is 4.50. The summed E-state index contributed by atoms with van der Waals surface area (Å²) in [6, 6.07) is 17.3. The molecule has 0 saturated carbocycles. The van der Waals surface area contributed by atoms with E-state index in [0.29, 0.717) is 42.3 Å². The van der Waals surface area contributed by atoms with E-state index in [1.807, 2.05) is 30.3 Å². The van der Waals surface area contributed by atoms with Crippen molar-refractivity contribution in [1.29, 1.82) is 0 Å². The van der Waals surface area contributed by atoms with Crippen molar-refractivity contribution in [2.75, 3.05) is 27.3 Å². The highest BCUT2D eigenvalue weighted by Crippen LogP contribution is 2.24. The van der Waals surface area contributed by atoms with E-state index in [0.717, 1.165) is 25.2 Å². The zero-order valence-electron chi connectivity index (χ0n) is 20.0. The van der Waals surface area contributed by atoms with Crippen molar-refractivity contribution in [1.82, 2.24) is 14.8 Å². The van der Waals surface area contributed by atoms with Crippen molar-refractivity contribution in [3.05, 3.63) is 92.9 Å². The van der Waals surface area contributed by atoms with E-state index in [9.17, 15) is 9.59 Å². The number of carbonyl (C=O) groups is 1. The summed E-state index contributed by atoms with van der Waals surface area (Å²) in [5.74, 6) is 0.754. The number of amides is 1. The largest absolute Gasteiger partial charge is 0.496 e. The summed E-state index contributed by atoms with van der Waals surface area (Å²) in [6.07, 6.45) is 0.579. The van der Waals surface area contributed by atoms with E-state index >= 15 is 0 Å². The Bertz CT molecular complexity index is 1230. The molecule has 1 aliphatic heterocycles. The summed E-state index contributed by atoms with van der Waals surface area (Å²) in [4.78, 5) is 28.5. The van der Waals surface area contributed by atoms with Crippen molar-refractivity contribution in [3.63, 3.8) is 0 Å². The number of hydrogen-bond donors (Lipinski definition) is 1. The van der Waals surface area contributed by atoms with Gasteiger partial charge in [0.25, 0.3) is 11.5 Å². The normalized spacial score (nSPS) is 13.6. The van der Waals surface area contributed by atoms with Gasteiger partial charge in [0.15, 0.2) is 0 Å². The highest BCUT2D eigenvalue weighted by atomic mass is 16.5. The number of hydrogen-bond acceptors (Lipinski definition) is 5. The van der Waals surface area contributed by atoms with Crippen LogP contribution >= 0.6 is 0 Å². The van der Waals surface area contributed by atoms with Crippen molar-refractivity contribution < 1.29 is 14.3 Å². The first kappa shape index (κ1) is 23.6. The number of nitrogens with one attached hydrogen (secondary N) is 1. The Kier molecular flexibility index (Phi) is 7.33. The number of carbonyl (C=O) groups excluding carboxylic acids is 1. The summed E-state index contributed by atoms with van der Waals surface area (Å²) in [7, 11) is 3.10. The third-order valence-corrected chi connectivity index (χ3v) is 6.42. The van der Waals surface area contributed by atoms with Gasteiger partial charge in [-0.1, -0.05) is 42.5 Å². The molecule has 0 fully saturated rings. The summed E-state index contributed by atoms with van der Waals surface area (Å²) in [6.45, 7) is 5.23. The molecule has 0 saturated heterocycles. The van der Waals surface area contributed by atoms with Gasteiger partial charge in [-0.25, -0.2) is 0 Å². The minimum atomic E-state index is -0.265. The van der Waals surface area contributed by atoms with Crippen LogP contribution in [0.1, 0.15) is 32.7 Å². The minimum absolute atomic E-state index is 0.147. The molecule has 0 radical (unpaired) electrons. The Balaban J connectivity index is 1.58. The summed E-state index contributed by atoms with van der Waals surface area (Å²) in [5.41, 5.74) is 4.39. The van der Waals surface area contributed by atoms with Crippen molar-refractivity contribution >= 4 is 5.91 Å². The standard InChI is InChI=1S/C27H31N3O4/c1-19-8-4-5-10-21(19)18-29-13-12-22-26(24(34-3)16-25(31)30(22)15-14-29)27(32)28-17-20-9-6-7-11-23(20)33-2/h4-11,16H,12-15,17-18H2,1-3H3,(H,28,32). The monoisotopic (exact) mass is 461 g/mol. The molecule has 0 aliphatic carbocycles. The SMILES string of the molecule is COc1ccccc1CNC(=O)c1c(OC)cc(=O)n2c1CCN(Cc1ccccc1C)CC2. The average Bonchev–Trinajstić information content (AvgIpc) is 3.07. The van der Waals surface area contributed by atoms with Crippen LogP contribution in [0.5, 0.6) is 11.5 Å². The van der Waals surface area contributed by atoms with Crippen LogP contribution in [0, 0.1) is 6.92 Å². The van der Waals surface area contributed by atoms with Crippen LogP contribution < -0.4 is 20.3 Å². The molecular formula is C27H31N3O4. The van der Waals surface area contributed by atoms with Gasteiger partial charge >= 0.3 is 0 Å². The molecule has 1 aromatic heterocycles. The molecule has 7 heteroatoms. The highest BCUT2D eigenvalue weighted by Gasteiger charge is 2.25. The first-order valence-electron chi connectivity index (χ1n) is 11.5. The van der Waals surface area contributed by atoms with Gasteiger partial charge in [0.1, 0.15) is 17.1 Å². The molecule has 178 valence electrons. The lowest BCUT2D eigenvalue weighted by Gasteiger charge is -2.20. The summed E-state index contributed by atoms with van der Waals surface area (Å²) >= 11 is 0. The lowest BCUT2D eigenvalue weighted by molar-refractivity contribution is 0.0945. The van der Waals surface area contributed by atoms with Gasteiger partial charge in [0.05, 0.1) is 14.2 Å². The predicted octanol–water partition coefficient (Wildman–Crippen LogP) is 3.16. The van der Waals surface area contributed by atoms with Crippen LogP contribution in [0.15, 0.2) is 59.4 Å². The average molecular weight is 462 g/mol. The van der Waals surface area contributed by atoms with E-state index in [1.165, 1.54) is 24.3 Å². The van der Waals surface area contributed by atoms with Crippen LogP contribution in [0.25, 0.3) is 0 Å². The van der Waals surface area contributed by atoms with Crippen LogP contribution in [0.2, 0.25) is 0 Å². The van der Waals surface area contributed by atoms with Crippen molar-refractivity contribution in [3.8, 4) is 11.5 Å². The number of benzene rings is 2. The minimum Gasteiger partial charge on any atom is -0.496 e. The van der Waals surface area contributed by atoms with Gasteiger partial charge in [0, 0.05) is 56.5 Å². The van der Waals surface area contributed by atoms with Crippen LogP contribution in [0.3, 0.4) is 0 Å². The molecule has 7 nitrogen and oxygen atoms in total. The molecule has 1 amide bonds. The Morgan fingerprint density at radius 2 is 1.65 bits per heavy atom.